The van der Waals surface area contributed by atoms with Crippen molar-refractivity contribution in [1.29, 1.82) is 0 Å². The normalized spacial score (nSPS) is 16.0. The van der Waals surface area contributed by atoms with Gasteiger partial charge in [0, 0.05) is 42.3 Å². The zero-order valence-corrected chi connectivity index (χ0v) is 21.9. The molecule has 1 fully saturated rings. The Labute approximate surface area is 211 Å². The largest absolute Gasteiger partial charge is 0.348 e. The van der Waals surface area contributed by atoms with E-state index in [0.717, 1.165) is 41.7 Å². The van der Waals surface area contributed by atoms with Crippen LogP contribution in [0.15, 0.2) is 47.9 Å². The van der Waals surface area contributed by atoms with Gasteiger partial charge < -0.3 is 9.88 Å². The predicted molar refractivity (Wildman–Crippen MR) is 140 cm³/mol. The van der Waals surface area contributed by atoms with Crippen molar-refractivity contribution in [2.75, 3.05) is 18.8 Å². The first-order chi connectivity index (χ1) is 16.9. The third-order valence-electron chi connectivity index (χ3n) is 6.56. The molecular formula is C25H33N5O3S2. The van der Waals surface area contributed by atoms with E-state index < -0.39 is 16.1 Å². The molecule has 3 heterocycles. The van der Waals surface area contributed by atoms with Gasteiger partial charge in [-0.1, -0.05) is 25.5 Å². The molecule has 0 spiro atoms. The second-order valence-electron chi connectivity index (χ2n) is 9.11. The third kappa shape index (κ3) is 6.42. The summed E-state index contributed by atoms with van der Waals surface area (Å²) in [7, 11) is -3.96. The number of carbonyl (C=O) groups excluding carboxylic acids is 1. The Kier molecular flexibility index (Phi) is 8.46. The molecule has 10 heteroatoms. The molecule has 1 aromatic carbocycles. The number of aromatic nitrogens is 3. The number of rotatable bonds is 10. The summed E-state index contributed by atoms with van der Waals surface area (Å²) in [5.41, 5.74) is 2.37. The first-order valence-electron chi connectivity index (χ1n) is 12.1. The van der Waals surface area contributed by atoms with Gasteiger partial charge in [-0.25, -0.2) is 13.4 Å². The van der Waals surface area contributed by atoms with E-state index >= 15 is 0 Å². The molecule has 2 aromatic heterocycles. The molecule has 188 valence electrons. The Hall–Kier alpha value is -2.43. The van der Waals surface area contributed by atoms with Crippen molar-refractivity contribution >= 4 is 38.6 Å². The minimum Gasteiger partial charge on any atom is -0.348 e. The monoisotopic (exact) mass is 515 g/mol. The van der Waals surface area contributed by atoms with Crippen LogP contribution < -0.4 is 4.72 Å². The number of aryl methyl sites for hydroxylation is 1. The highest BCUT2D eigenvalue weighted by molar-refractivity contribution is 7.98. The number of nitrogens with zero attached hydrogens (tertiary/aromatic N) is 3. The van der Waals surface area contributed by atoms with E-state index in [9.17, 15) is 13.2 Å². The SMILES string of the molecule is CCC1CCN(C(=O)[C@H](CCSCc2cnc[nH]2)NS(=O)(=O)c2cccc3cc(C)cnc23)CC1. The number of aromatic amines is 1. The van der Waals surface area contributed by atoms with E-state index in [-0.39, 0.29) is 10.8 Å². The second-order valence-corrected chi connectivity index (χ2v) is 11.9. The van der Waals surface area contributed by atoms with Gasteiger partial charge in [0.05, 0.1) is 11.8 Å². The van der Waals surface area contributed by atoms with Crippen molar-refractivity contribution in [3.05, 3.63) is 54.2 Å². The number of benzene rings is 1. The fraction of sp³-hybridized carbons (Fsp3) is 0.480. The molecule has 4 rings (SSSR count). The second kappa shape index (κ2) is 11.5. The number of amides is 1. The van der Waals surface area contributed by atoms with Crippen LogP contribution in [0.25, 0.3) is 10.9 Å². The van der Waals surface area contributed by atoms with Crippen molar-refractivity contribution < 1.29 is 13.2 Å². The highest BCUT2D eigenvalue weighted by atomic mass is 32.2. The maximum atomic E-state index is 13.5. The minimum atomic E-state index is -3.96. The summed E-state index contributed by atoms with van der Waals surface area (Å²) in [6.07, 6.45) is 8.50. The molecule has 1 aliphatic rings. The topological polar surface area (TPSA) is 108 Å². The summed E-state index contributed by atoms with van der Waals surface area (Å²) in [6.45, 7) is 5.44. The zero-order valence-electron chi connectivity index (χ0n) is 20.2. The molecule has 0 bridgehead atoms. The number of fused-ring (bicyclic) bond motifs is 1. The number of hydrogen-bond donors (Lipinski definition) is 2. The fourth-order valence-electron chi connectivity index (χ4n) is 4.47. The standard InChI is InChI=1S/C25H33N5O3S2/c1-3-19-7-10-30(11-8-19)25(31)22(9-12-34-16-21-15-26-17-28-21)29-35(32,33)23-6-4-5-20-13-18(2)14-27-24(20)23/h4-6,13-15,17,19,22,29H,3,7-12,16H2,1-2H3,(H,26,28)/t22-/m0/s1. The quantitative estimate of drug-likeness (QED) is 0.397. The van der Waals surface area contributed by atoms with Crippen LogP contribution in [0.1, 0.15) is 43.9 Å². The Morgan fingerprint density at radius 3 is 2.80 bits per heavy atom. The van der Waals surface area contributed by atoms with Gasteiger partial charge in [-0.15, -0.1) is 0 Å². The predicted octanol–water partition coefficient (Wildman–Crippen LogP) is 3.89. The molecule has 1 saturated heterocycles. The van der Waals surface area contributed by atoms with E-state index in [1.165, 1.54) is 0 Å². The molecule has 0 unspecified atom stereocenters. The van der Waals surface area contributed by atoms with E-state index in [4.69, 9.17) is 0 Å². The molecule has 0 radical (unpaired) electrons. The fourth-order valence-corrected chi connectivity index (χ4v) is 6.80. The first kappa shape index (κ1) is 25.7. The number of piperidine rings is 1. The summed E-state index contributed by atoms with van der Waals surface area (Å²) in [4.78, 5) is 26.9. The number of thioether (sulfide) groups is 1. The third-order valence-corrected chi connectivity index (χ3v) is 9.11. The minimum absolute atomic E-state index is 0.0996. The van der Waals surface area contributed by atoms with E-state index in [0.29, 0.717) is 36.7 Å². The van der Waals surface area contributed by atoms with E-state index in [2.05, 4.69) is 26.6 Å². The average Bonchev–Trinajstić information content (AvgIpc) is 3.38. The van der Waals surface area contributed by atoms with Crippen molar-refractivity contribution in [1.82, 2.24) is 24.6 Å². The highest BCUT2D eigenvalue weighted by Gasteiger charge is 2.32. The average molecular weight is 516 g/mol. The van der Waals surface area contributed by atoms with Crippen LogP contribution >= 0.6 is 11.8 Å². The van der Waals surface area contributed by atoms with Crippen LogP contribution in [-0.4, -0.2) is 59.1 Å². The van der Waals surface area contributed by atoms with Gasteiger partial charge in [-0.2, -0.15) is 16.5 Å². The maximum Gasteiger partial charge on any atom is 0.243 e. The molecule has 2 N–H and O–H groups in total. The molecule has 1 amide bonds. The number of likely N-dealkylation sites (tertiary alicyclic amines) is 1. The summed E-state index contributed by atoms with van der Waals surface area (Å²) in [5.74, 6) is 1.84. The lowest BCUT2D eigenvalue weighted by molar-refractivity contribution is -0.134. The van der Waals surface area contributed by atoms with Gasteiger partial charge in [0.15, 0.2) is 0 Å². The lowest BCUT2D eigenvalue weighted by atomic mass is 9.94. The van der Waals surface area contributed by atoms with Crippen molar-refractivity contribution in [3.63, 3.8) is 0 Å². The lowest BCUT2D eigenvalue weighted by Gasteiger charge is -2.34. The number of imidazole rings is 1. The van der Waals surface area contributed by atoms with Crippen LogP contribution in [0, 0.1) is 12.8 Å². The number of sulfonamides is 1. The van der Waals surface area contributed by atoms with Gasteiger partial charge in [0.1, 0.15) is 10.9 Å². The number of pyridine rings is 1. The number of carbonyl (C=O) groups is 1. The van der Waals surface area contributed by atoms with Crippen molar-refractivity contribution in [2.45, 2.75) is 56.2 Å². The summed E-state index contributed by atoms with van der Waals surface area (Å²) in [6, 6.07) is 6.20. The molecular weight excluding hydrogens is 482 g/mol. The van der Waals surface area contributed by atoms with Gasteiger partial charge >= 0.3 is 0 Å². The molecule has 35 heavy (non-hydrogen) atoms. The highest BCUT2D eigenvalue weighted by Crippen LogP contribution is 2.24. The van der Waals surface area contributed by atoms with Gasteiger partial charge in [-0.05, 0) is 55.6 Å². The van der Waals surface area contributed by atoms with E-state index in [1.807, 2.05) is 24.0 Å². The van der Waals surface area contributed by atoms with Crippen molar-refractivity contribution in [3.8, 4) is 0 Å². The number of nitrogens with one attached hydrogen (secondary N) is 2. The van der Waals surface area contributed by atoms with Gasteiger partial charge in [0.25, 0.3) is 0 Å². The summed E-state index contributed by atoms with van der Waals surface area (Å²) >= 11 is 1.64. The summed E-state index contributed by atoms with van der Waals surface area (Å²) < 4.78 is 29.7. The summed E-state index contributed by atoms with van der Waals surface area (Å²) in [5, 5.41) is 0.757. The lowest BCUT2D eigenvalue weighted by Crippen LogP contribution is -2.50. The van der Waals surface area contributed by atoms with Crippen LogP contribution in [-0.2, 0) is 20.6 Å². The van der Waals surface area contributed by atoms with Crippen LogP contribution in [0.3, 0.4) is 0 Å². The Balaban J connectivity index is 1.52. The molecule has 0 aliphatic carbocycles. The van der Waals surface area contributed by atoms with Crippen molar-refractivity contribution in [2.24, 2.45) is 5.92 Å². The van der Waals surface area contributed by atoms with Crippen LogP contribution in [0.5, 0.6) is 0 Å². The first-order valence-corrected chi connectivity index (χ1v) is 14.7. The smallest absolute Gasteiger partial charge is 0.243 e. The van der Waals surface area contributed by atoms with Gasteiger partial charge in [-0.3, -0.25) is 9.78 Å². The van der Waals surface area contributed by atoms with Crippen LogP contribution in [0.4, 0.5) is 0 Å². The van der Waals surface area contributed by atoms with Crippen LogP contribution in [0.2, 0.25) is 0 Å². The number of para-hydroxylation sites is 1. The van der Waals surface area contributed by atoms with Gasteiger partial charge in [0.2, 0.25) is 15.9 Å². The molecule has 3 aromatic rings. The zero-order chi connectivity index (χ0) is 24.8. The Morgan fingerprint density at radius 1 is 1.29 bits per heavy atom. The molecule has 1 aliphatic heterocycles. The Bertz CT molecular complexity index is 1240. The molecule has 1 atom stereocenters. The van der Waals surface area contributed by atoms with E-state index in [1.54, 1.807) is 42.6 Å². The number of H-pyrrole nitrogens is 1. The molecule has 8 nitrogen and oxygen atoms in total. The number of hydrogen-bond acceptors (Lipinski definition) is 6. The molecule has 0 saturated carbocycles. The Morgan fingerprint density at radius 2 is 2.09 bits per heavy atom. The maximum absolute atomic E-state index is 13.5.